The van der Waals surface area contributed by atoms with Crippen LogP contribution in [0.4, 0.5) is 4.79 Å². The van der Waals surface area contributed by atoms with Crippen LogP contribution in [-0.2, 0) is 9.53 Å². The fraction of sp³-hybridized carbons (Fsp3) is 0.692. The van der Waals surface area contributed by atoms with Crippen molar-refractivity contribution in [2.24, 2.45) is 5.92 Å². The first-order valence-electron chi connectivity index (χ1n) is 6.27. The summed E-state index contributed by atoms with van der Waals surface area (Å²) in [5, 5.41) is 8.88. The lowest BCUT2D eigenvalue weighted by Crippen LogP contribution is -2.47. The van der Waals surface area contributed by atoms with Crippen LogP contribution in [0.1, 0.15) is 13.8 Å². The molecule has 0 rings (SSSR count). The van der Waals surface area contributed by atoms with Crippen molar-refractivity contribution < 1.29 is 19.4 Å². The van der Waals surface area contributed by atoms with Crippen LogP contribution in [0.2, 0.25) is 0 Å². The molecule has 0 bridgehead atoms. The number of hydrogen-bond donors (Lipinski definition) is 1. The van der Waals surface area contributed by atoms with Gasteiger partial charge in [-0.05, 0) is 5.92 Å². The van der Waals surface area contributed by atoms with E-state index < -0.39 is 5.97 Å². The molecule has 1 N–H and O–H groups in total. The van der Waals surface area contributed by atoms with Gasteiger partial charge in [0.1, 0.15) is 6.54 Å². The zero-order valence-corrected chi connectivity index (χ0v) is 12.0. The van der Waals surface area contributed by atoms with E-state index in [2.05, 4.69) is 6.58 Å². The van der Waals surface area contributed by atoms with Gasteiger partial charge in [-0.25, -0.2) is 4.79 Å². The number of aliphatic carboxylic acids is 1. The summed E-state index contributed by atoms with van der Waals surface area (Å²) in [6, 6.07) is -0.298. The molecule has 6 heteroatoms. The fourth-order valence-corrected chi connectivity index (χ4v) is 1.64. The standard InChI is InChI=1S/C13H24N2O4/c1-5-6-14(7-8-19-4)13(18)15(9-11(2)3)10-12(16)17/h5,11H,1,6-10H2,2-4H3,(H,16,17). The van der Waals surface area contributed by atoms with Crippen LogP contribution >= 0.6 is 0 Å². The summed E-state index contributed by atoms with van der Waals surface area (Å²) in [5.41, 5.74) is 0. The van der Waals surface area contributed by atoms with E-state index in [1.807, 2.05) is 13.8 Å². The number of carbonyl (C=O) groups is 2. The molecule has 0 aliphatic rings. The number of urea groups is 1. The molecule has 0 unspecified atom stereocenters. The Hall–Kier alpha value is -1.56. The number of rotatable bonds is 9. The molecule has 0 aliphatic heterocycles. The second-order valence-electron chi connectivity index (χ2n) is 4.68. The minimum absolute atomic E-state index is 0.205. The molecule has 0 radical (unpaired) electrons. The second kappa shape index (κ2) is 9.38. The maximum absolute atomic E-state index is 12.3. The van der Waals surface area contributed by atoms with E-state index in [-0.39, 0.29) is 18.5 Å². The van der Waals surface area contributed by atoms with Gasteiger partial charge >= 0.3 is 12.0 Å². The number of ether oxygens (including phenoxy) is 1. The molecule has 0 saturated carbocycles. The maximum Gasteiger partial charge on any atom is 0.323 e. The van der Waals surface area contributed by atoms with Crippen molar-refractivity contribution in [3.8, 4) is 0 Å². The SMILES string of the molecule is C=CCN(CCOC)C(=O)N(CC(=O)O)CC(C)C. The topological polar surface area (TPSA) is 70.1 Å². The van der Waals surface area contributed by atoms with Crippen molar-refractivity contribution in [2.75, 3.05) is 39.9 Å². The van der Waals surface area contributed by atoms with Crippen molar-refractivity contribution in [2.45, 2.75) is 13.8 Å². The van der Waals surface area contributed by atoms with Crippen LogP contribution in [0.15, 0.2) is 12.7 Å². The third-order valence-corrected chi connectivity index (χ3v) is 2.37. The lowest BCUT2D eigenvalue weighted by atomic mass is 10.2. The van der Waals surface area contributed by atoms with E-state index in [4.69, 9.17) is 9.84 Å². The summed E-state index contributed by atoms with van der Waals surface area (Å²) in [5.74, 6) is -0.810. The number of carboxylic acids is 1. The van der Waals surface area contributed by atoms with Gasteiger partial charge in [-0.3, -0.25) is 4.79 Å². The van der Waals surface area contributed by atoms with E-state index in [1.165, 1.54) is 9.80 Å². The molecule has 0 spiro atoms. The third kappa shape index (κ3) is 7.46. The molecule has 110 valence electrons. The highest BCUT2D eigenvalue weighted by molar-refractivity contribution is 5.80. The average molecular weight is 272 g/mol. The molecule has 0 aromatic carbocycles. The Labute approximate surface area is 114 Å². The molecular formula is C13H24N2O4. The van der Waals surface area contributed by atoms with Crippen molar-refractivity contribution >= 4 is 12.0 Å². The van der Waals surface area contributed by atoms with E-state index in [1.54, 1.807) is 13.2 Å². The lowest BCUT2D eigenvalue weighted by molar-refractivity contribution is -0.137. The molecule has 19 heavy (non-hydrogen) atoms. The summed E-state index contributed by atoms with van der Waals surface area (Å²) in [6.07, 6.45) is 1.61. The Balaban J connectivity index is 4.77. The van der Waals surface area contributed by atoms with Crippen LogP contribution in [-0.4, -0.2) is 66.8 Å². The molecule has 0 heterocycles. The highest BCUT2D eigenvalue weighted by atomic mass is 16.5. The minimum Gasteiger partial charge on any atom is -0.480 e. The molecule has 0 aromatic heterocycles. The number of nitrogens with zero attached hydrogens (tertiary/aromatic N) is 2. The van der Waals surface area contributed by atoms with Gasteiger partial charge in [0.05, 0.1) is 6.61 Å². The Morgan fingerprint density at radius 1 is 1.37 bits per heavy atom. The highest BCUT2D eigenvalue weighted by Crippen LogP contribution is 2.04. The zero-order valence-electron chi connectivity index (χ0n) is 12.0. The smallest absolute Gasteiger partial charge is 0.323 e. The first kappa shape index (κ1) is 17.4. The van der Waals surface area contributed by atoms with Gasteiger partial charge in [0, 0.05) is 26.7 Å². The molecule has 0 saturated heterocycles. The van der Waals surface area contributed by atoms with E-state index in [0.29, 0.717) is 26.2 Å². The normalized spacial score (nSPS) is 10.3. The fourth-order valence-electron chi connectivity index (χ4n) is 1.64. The van der Waals surface area contributed by atoms with Gasteiger partial charge in [0.25, 0.3) is 0 Å². The first-order valence-corrected chi connectivity index (χ1v) is 6.27. The van der Waals surface area contributed by atoms with Crippen molar-refractivity contribution in [1.82, 2.24) is 9.80 Å². The van der Waals surface area contributed by atoms with Gasteiger partial charge in [-0.2, -0.15) is 0 Å². The van der Waals surface area contributed by atoms with Gasteiger partial charge in [0.2, 0.25) is 0 Å². The molecule has 6 nitrogen and oxygen atoms in total. The van der Waals surface area contributed by atoms with Gasteiger partial charge in [0.15, 0.2) is 0 Å². The highest BCUT2D eigenvalue weighted by Gasteiger charge is 2.22. The van der Waals surface area contributed by atoms with Crippen LogP contribution in [0.3, 0.4) is 0 Å². The summed E-state index contributed by atoms with van der Waals surface area (Å²) >= 11 is 0. The maximum atomic E-state index is 12.3. The lowest BCUT2D eigenvalue weighted by Gasteiger charge is -2.30. The Morgan fingerprint density at radius 3 is 2.42 bits per heavy atom. The number of hydrogen-bond acceptors (Lipinski definition) is 3. The number of amides is 2. The summed E-state index contributed by atoms with van der Waals surface area (Å²) in [4.78, 5) is 26.0. The quantitative estimate of drug-likeness (QED) is 0.642. The summed E-state index contributed by atoms with van der Waals surface area (Å²) in [6.45, 7) is 8.78. The van der Waals surface area contributed by atoms with Crippen LogP contribution < -0.4 is 0 Å². The molecule has 0 aromatic rings. The first-order chi connectivity index (χ1) is 8.92. The van der Waals surface area contributed by atoms with Gasteiger partial charge in [-0.15, -0.1) is 6.58 Å². The summed E-state index contributed by atoms with van der Waals surface area (Å²) < 4.78 is 4.95. The Morgan fingerprint density at radius 2 is 2.00 bits per heavy atom. The van der Waals surface area contributed by atoms with E-state index in [0.717, 1.165) is 0 Å². The monoisotopic (exact) mass is 272 g/mol. The van der Waals surface area contributed by atoms with Crippen LogP contribution in [0, 0.1) is 5.92 Å². The predicted octanol–water partition coefficient (Wildman–Crippen LogP) is 1.28. The summed E-state index contributed by atoms with van der Waals surface area (Å²) in [7, 11) is 1.56. The Kier molecular flexibility index (Phi) is 8.61. The number of methoxy groups -OCH3 is 1. The van der Waals surface area contributed by atoms with Gasteiger partial charge < -0.3 is 19.6 Å². The van der Waals surface area contributed by atoms with Crippen molar-refractivity contribution in [3.05, 3.63) is 12.7 Å². The minimum atomic E-state index is -1.01. The third-order valence-electron chi connectivity index (χ3n) is 2.37. The predicted molar refractivity (Wildman–Crippen MR) is 73.1 cm³/mol. The molecule has 0 fully saturated rings. The van der Waals surface area contributed by atoms with Crippen LogP contribution in [0.5, 0.6) is 0 Å². The molecular weight excluding hydrogens is 248 g/mol. The Bertz CT molecular complexity index is 305. The second-order valence-corrected chi connectivity index (χ2v) is 4.68. The molecule has 2 amide bonds. The van der Waals surface area contributed by atoms with Crippen molar-refractivity contribution in [3.63, 3.8) is 0 Å². The molecule has 0 aliphatic carbocycles. The zero-order chi connectivity index (χ0) is 14.8. The van der Waals surface area contributed by atoms with Gasteiger partial charge in [-0.1, -0.05) is 19.9 Å². The van der Waals surface area contributed by atoms with E-state index >= 15 is 0 Å². The van der Waals surface area contributed by atoms with Crippen molar-refractivity contribution in [1.29, 1.82) is 0 Å². The largest absolute Gasteiger partial charge is 0.480 e. The molecule has 0 atom stereocenters. The van der Waals surface area contributed by atoms with Crippen LogP contribution in [0.25, 0.3) is 0 Å². The number of carbonyl (C=O) groups excluding carboxylic acids is 1. The van der Waals surface area contributed by atoms with E-state index in [9.17, 15) is 9.59 Å². The number of carboxylic acid groups (broad SMARTS) is 1. The average Bonchev–Trinajstić information content (AvgIpc) is 2.31.